The molecular formula is C18H20N2O. The van der Waals surface area contributed by atoms with E-state index < -0.39 is 0 Å². The van der Waals surface area contributed by atoms with Crippen LogP contribution in [0, 0.1) is 25.2 Å². The van der Waals surface area contributed by atoms with Crippen LogP contribution < -0.4 is 4.74 Å². The largest absolute Gasteiger partial charge is 0.456 e. The Hall–Kier alpha value is -2.34. The SMILES string of the molecule is CCCCc1ccc(Oc2cc(C)nc(C)c2C#N)cc1. The summed E-state index contributed by atoms with van der Waals surface area (Å²) >= 11 is 0. The predicted molar refractivity (Wildman–Crippen MR) is 83.6 cm³/mol. The summed E-state index contributed by atoms with van der Waals surface area (Å²) in [5.74, 6) is 1.32. The molecule has 2 aromatic rings. The molecule has 0 bridgehead atoms. The van der Waals surface area contributed by atoms with Crippen LogP contribution in [0.5, 0.6) is 11.5 Å². The molecule has 3 nitrogen and oxygen atoms in total. The molecule has 0 radical (unpaired) electrons. The Morgan fingerprint density at radius 3 is 2.52 bits per heavy atom. The summed E-state index contributed by atoms with van der Waals surface area (Å²) in [6.07, 6.45) is 3.48. The van der Waals surface area contributed by atoms with Crippen molar-refractivity contribution in [3.8, 4) is 17.6 Å². The van der Waals surface area contributed by atoms with Crippen LogP contribution in [0.4, 0.5) is 0 Å². The molecule has 108 valence electrons. The third-order valence-corrected chi connectivity index (χ3v) is 3.37. The molecule has 0 unspecified atom stereocenters. The molecule has 2 rings (SSSR count). The second-order valence-corrected chi connectivity index (χ2v) is 5.18. The van der Waals surface area contributed by atoms with Crippen molar-refractivity contribution in [1.82, 2.24) is 4.98 Å². The lowest BCUT2D eigenvalue weighted by atomic mass is 10.1. The lowest BCUT2D eigenvalue weighted by Crippen LogP contribution is -1.96. The van der Waals surface area contributed by atoms with E-state index in [4.69, 9.17) is 4.74 Å². The minimum Gasteiger partial charge on any atom is -0.456 e. The number of aryl methyl sites for hydroxylation is 3. The number of rotatable bonds is 5. The van der Waals surface area contributed by atoms with E-state index >= 15 is 0 Å². The summed E-state index contributed by atoms with van der Waals surface area (Å²) in [6, 6.07) is 12.0. The van der Waals surface area contributed by atoms with Gasteiger partial charge in [0.2, 0.25) is 0 Å². The number of ether oxygens (including phenoxy) is 1. The molecule has 21 heavy (non-hydrogen) atoms. The Bertz CT molecular complexity index is 654. The van der Waals surface area contributed by atoms with Gasteiger partial charge in [-0.3, -0.25) is 4.98 Å². The van der Waals surface area contributed by atoms with Gasteiger partial charge in [0.15, 0.2) is 0 Å². The molecule has 1 heterocycles. The van der Waals surface area contributed by atoms with Gasteiger partial charge in [-0.15, -0.1) is 0 Å². The van der Waals surface area contributed by atoms with Gasteiger partial charge in [-0.2, -0.15) is 5.26 Å². The summed E-state index contributed by atoms with van der Waals surface area (Å²) < 4.78 is 5.86. The van der Waals surface area contributed by atoms with Gasteiger partial charge in [-0.05, 0) is 44.4 Å². The van der Waals surface area contributed by atoms with Gasteiger partial charge < -0.3 is 4.74 Å². The second-order valence-electron chi connectivity index (χ2n) is 5.18. The van der Waals surface area contributed by atoms with Crippen LogP contribution in [0.1, 0.15) is 42.3 Å². The van der Waals surface area contributed by atoms with Gasteiger partial charge in [0.25, 0.3) is 0 Å². The van der Waals surface area contributed by atoms with Crippen LogP contribution in [0.25, 0.3) is 0 Å². The van der Waals surface area contributed by atoms with E-state index in [0.29, 0.717) is 17.0 Å². The molecule has 0 aliphatic rings. The molecule has 0 atom stereocenters. The average Bonchev–Trinajstić information content (AvgIpc) is 2.46. The number of aromatic nitrogens is 1. The molecule has 1 aromatic carbocycles. The average molecular weight is 280 g/mol. The molecule has 0 fully saturated rings. The number of nitriles is 1. The van der Waals surface area contributed by atoms with Gasteiger partial charge in [-0.25, -0.2) is 0 Å². The standard InChI is InChI=1S/C18H20N2O/c1-4-5-6-15-7-9-16(10-8-15)21-18-11-13(2)20-14(3)17(18)12-19/h7-11H,4-6H2,1-3H3. The number of unbranched alkanes of at least 4 members (excludes halogenated alkanes) is 1. The number of hydrogen-bond donors (Lipinski definition) is 0. The lowest BCUT2D eigenvalue weighted by Gasteiger charge is -2.10. The van der Waals surface area contributed by atoms with Crippen molar-refractivity contribution in [3.63, 3.8) is 0 Å². The van der Waals surface area contributed by atoms with Gasteiger partial charge in [0.05, 0.1) is 5.69 Å². The van der Waals surface area contributed by atoms with Crippen LogP contribution >= 0.6 is 0 Å². The maximum atomic E-state index is 9.24. The Kier molecular flexibility index (Phi) is 4.94. The molecule has 0 N–H and O–H groups in total. The first-order valence-electron chi connectivity index (χ1n) is 7.29. The van der Waals surface area contributed by atoms with Crippen molar-refractivity contribution >= 4 is 0 Å². The zero-order valence-electron chi connectivity index (χ0n) is 12.8. The van der Waals surface area contributed by atoms with Crippen LogP contribution in [-0.4, -0.2) is 4.98 Å². The third kappa shape index (κ3) is 3.82. The van der Waals surface area contributed by atoms with E-state index in [-0.39, 0.29) is 0 Å². The highest BCUT2D eigenvalue weighted by molar-refractivity contribution is 5.48. The van der Waals surface area contributed by atoms with Crippen molar-refractivity contribution in [3.05, 3.63) is 52.8 Å². The molecule has 1 aromatic heterocycles. The Morgan fingerprint density at radius 2 is 1.90 bits per heavy atom. The molecule has 0 saturated carbocycles. The summed E-state index contributed by atoms with van der Waals surface area (Å²) in [4.78, 5) is 4.29. The summed E-state index contributed by atoms with van der Waals surface area (Å²) in [5, 5.41) is 9.24. The molecule has 0 saturated heterocycles. The first-order chi connectivity index (χ1) is 10.1. The van der Waals surface area contributed by atoms with E-state index in [1.165, 1.54) is 18.4 Å². The van der Waals surface area contributed by atoms with E-state index in [0.717, 1.165) is 17.9 Å². The summed E-state index contributed by atoms with van der Waals surface area (Å²) in [6.45, 7) is 5.91. The van der Waals surface area contributed by atoms with Crippen molar-refractivity contribution < 1.29 is 4.74 Å². The Morgan fingerprint density at radius 1 is 1.19 bits per heavy atom. The van der Waals surface area contributed by atoms with Crippen molar-refractivity contribution in [2.24, 2.45) is 0 Å². The quantitative estimate of drug-likeness (QED) is 0.797. The summed E-state index contributed by atoms with van der Waals surface area (Å²) in [7, 11) is 0. The maximum Gasteiger partial charge on any atom is 0.148 e. The van der Waals surface area contributed by atoms with E-state index in [1.807, 2.05) is 26.0 Å². The second kappa shape index (κ2) is 6.90. The summed E-state index contributed by atoms with van der Waals surface area (Å²) in [5.41, 5.74) is 3.36. The lowest BCUT2D eigenvalue weighted by molar-refractivity contribution is 0.479. The van der Waals surface area contributed by atoms with Crippen molar-refractivity contribution in [2.45, 2.75) is 40.0 Å². The topological polar surface area (TPSA) is 45.9 Å². The van der Waals surface area contributed by atoms with Crippen LogP contribution in [0.3, 0.4) is 0 Å². The normalized spacial score (nSPS) is 10.2. The molecule has 0 aliphatic carbocycles. The van der Waals surface area contributed by atoms with Crippen molar-refractivity contribution in [2.75, 3.05) is 0 Å². The number of hydrogen-bond acceptors (Lipinski definition) is 3. The van der Waals surface area contributed by atoms with Crippen LogP contribution in [-0.2, 0) is 6.42 Å². The molecule has 0 aliphatic heterocycles. The minimum atomic E-state index is 0.496. The fraction of sp³-hybridized carbons (Fsp3) is 0.333. The smallest absolute Gasteiger partial charge is 0.148 e. The molecular weight excluding hydrogens is 260 g/mol. The zero-order valence-corrected chi connectivity index (χ0v) is 12.8. The monoisotopic (exact) mass is 280 g/mol. The van der Waals surface area contributed by atoms with E-state index in [2.05, 4.69) is 30.1 Å². The Labute approximate surface area is 126 Å². The first kappa shape index (κ1) is 15.1. The highest BCUT2D eigenvalue weighted by Crippen LogP contribution is 2.27. The Balaban J connectivity index is 2.20. The van der Waals surface area contributed by atoms with Gasteiger partial charge in [0.1, 0.15) is 23.1 Å². The minimum absolute atomic E-state index is 0.496. The van der Waals surface area contributed by atoms with Crippen molar-refractivity contribution in [1.29, 1.82) is 5.26 Å². The highest BCUT2D eigenvalue weighted by atomic mass is 16.5. The van der Waals surface area contributed by atoms with Crippen LogP contribution in [0.2, 0.25) is 0 Å². The van der Waals surface area contributed by atoms with E-state index in [9.17, 15) is 5.26 Å². The third-order valence-electron chi connectivity index (χ3n) is 3.37. The predicted octanol–water partition coefficient (Wildman–Crippen LogP) is 4.71. The molecule has 0 spiro atoms. The maximum absolute atomic E-state index is 9.24. The number of benzene rings is 1. The fourth-order valence-electron chi connectivity index (χ4n) is 2.24. The van der Waals surface area contributed by atoms with Gasteiger partial charge in [-0.1, -0.05) is 25.5 Å². The number of nitrogens with zero attached hydrogens (tertiary/aromatic N) is 2. The van der Waals surface area contributed by atoms with E-state index in [1.54, 1.807) is 6.07 Å². The highest BCUT2D eigenvalue weighted by Gasteiger charge is 2.10. The number of pyridine rings is 1. The van der Waals surface area contributed by atoms with Crippen LogP contribution in [0.15, 0.2) is 30.3 Å². The molecule has 3 heteroatoms. The molecule has 0 amide bonds. The van der Waals surface area contributed by atoms with Gasteiger partial charge in [0, 0.05) is 11.8 Å². The first-order valence-corrected chi connectivity index (χ1v) is 7.29. The fourth-order valence-corrected chi connectivity index (χ4v) is 2.24. The van der Waals surface area contributed by atoms with Gasteiger partial charge >= 0.3 is 0 Å². The zero-order chi connectivity index (χ0) is 15.2.